The van der Waals surface area contributed by atoms with Gasteiger partial charge in [0.05, 0.1) is 15.8 Å². The first-order chi connectivity index (χ1) is 9.88. The highest BCUT2D eigenvalue weighted by atomic mass is 35.5. The van der Waals surface area contributed by atoms with Crippen molar-refractivity contribution in [2.75, 3.05) is 7.05 Å². The fourth-order valence-corrected chi connectivity index (χ4v) is 3.04. The van der Waals surface area contributed by atoms with E-state index in [2.05, 4.69) is 0 Å². The molecular weight excluding hydrogens is 312 g/mol. The van der Waals surface area contributed by atoms with Crippen LogP contribution in [0.15, 0.2) is 30.3 Å². The molecule has 1 aromatic heterocycles. The summed E-state index contributed by atoms with van der Waals surface area (Å²) in [6.07, 6.45) is 0. The van der Waals surface area contributed by atoms with Crippen LogP contribution in [-0.2, 0) is 6.54 Å². The van der Waals surface area contributed by atoms with Gasteiger partial charge in [-0.05, 0) is 25.1 Å². The molecule has 0 aliphatic heterocycles. The lowest BCUT2D eigenvalue weighted by Crippen LogP contribution is -2.25. The van der Waals surface area contributed by atoms with Crippen LogP contribution in [0.3, 0.4) is 0 Å². The van der Waals surface area contributed by atoms with Crippen molar-refractivity contribution in [1.29, 1.82) is 0 Å². The Balaban J connectivity index is 2.19. The SMILES string of the molecule is Cc1ccc(C(=O)N(C)Cc2ccc(Cl)s2)cc1[N+](=O)[O-]. The number of carbonyl (C=O) groups is 1. The molecule has 21 heavy (non-hydrogen) atoms. The van der Waals surface area contributed by atoms with E-state index in [1.807, 2.05) is 6.07 Å². The molecule has 0 aliphatic carbocycles. The Morgan fingerprint density at radius 3 is 2.67 bits per heavy atom. The van der Waals surface area contributed by atoms with Crippen molar-refractivity contribution < 1.29 is 9.72 Å². The molecule has 0 unspecified atom stereocenters. The highest BCUT2D eigenvalue weighted by Crippen LogP contribution is 2.24. The van der Waals surface area contributed by atoms with E-state index in [0.717, 1.165) is 4.88 Å². The maximum absolute atomic E-state index is 12.3. The Kier molecular flexibility index (Phi) is 4.59. The Morgan fingerprint density at radius 1 is 1.38 bits per heavy atom. The Labute approximate surface area is 130 Å². The van der Waals surface area contributed by atoms with Crippen LogP contribution in [0.4, 0.5) is 5.69 Å². The number of nitro groups is 1. The largest absolute Gasteiger partial charge is 0.337 e. The minimum atomic E-state index is -0.481. The highest BCUT2D eigenvalue weighted by Gasteiger charge is 2.18. The molecule has 1 heterocycles. The summed E-state index contributed by atoms with van der Waals surface area (Å²) in [6, 6.07) is 8.13. The molecule has 5 nitrogen and oxygen atoms in total. The quantitative estimate of drug-likeness (QED) is 0.633. The van der Waals surface area contributed by atoms with Gasteiger partial charge in [0.25, 0.3) is 11.6 Å². The summed E-state index contributed by atoms with van der Waals surface area (Å²) in [5, 5.41) is 10.9. The Hall–Kier alpha value is -1.92. The fourth-order valence-electron chi connectivity index (χ4n) is 1.90. The molecule has 110 valence electrons. The number of hydrogen-bond donors (Lipinski definition) is 0. The van der Waals surface area contributed by atoms with E-state index in [0.29, 0.717) is 22.0 Å². The fraction of sp³-hybridized carbons (Fsp3) is 0.214. The second-order valence-electron chi connectivity index (χ2n) is 4.63. The predicted molar refractivity (Wildman–Crippen MR) is 83.0 cm³/mol. The Bertz CT molecular complexity index is 699. The first kappa shape index (κ1) is 15.5. The van der Waals surface area contributed by atoms with Crippen LogP contribution in [0, 0.1) is 17.0 Å². The lowest BCUT2D eigenvalue weighted by molar-refractivity contribution is -0.385. The predicted octanol–water partition coefficient (Wildman–Crippen LogP) is 3.89. The molecule has 0 aliphatic rings. The summed E-state index contributed by atoms with van der Waals surface area (Å²) >= 11 is 7.26. The monoisotopic (exact) mass is 324 g/mol. The summed E-state index contributed by atoms with van der Waals surface area (Å²) in [4.78, 5) is 25.2. The molecule has 1 aromatic carbocycles. The number of carbonyl (C=O) groups excluding carboxylic acids is 1. The number of aryl methyl sites for hydroxylation is 1. The molecule has 7 heteroatoms. The number of nitrogens with zero attached hydrogens (tertiary/aromatic N) is 2. The number of amides is 1. The number of benzene rings is 1. The van der Waals surface area contributed by atoms with Gasteiger partial charge in [-0.1, -0.05) is 17.7 Å². The van der Waals surface area contributed by atoms with Crippen molar-refractivity contribution in [2.24, 2.45) is 0 Å². The van der Waals surface area contributed by atoms with Gasteiger partial charge in [0.15, 0.2) is 0 Å². The van der Waals surface area contributed by atoms with E-state index in [9.17, 15) is 14.9 Å². The van der Waals surface area contributed by atoms with Crippen LogP contribution >= 0.6 is 22.9 Å². The minimum Gasteiger partial charge on any atom is -0.337 e. The summed E-state index contributed by atoms with van der Waals surface area (Å²) in [6.45, 7) is 2.06. The van der Waals surface area contributed by atoms with Crippen molar-refractivity contribution in [3.05, 3.63) is 60.8 Å². The molecule has 2 rings (SSSR count). The summed E-state index contributed by atoms with van der Waals surface area (Å²) in [5.74, 6) is -0.261. The summed E-state index contributed by atoms with van der Waals surface area (Å²) in [5.41, 5.74) is 0.787. The zero-order chi connectivity index (χ0) is 15.6. The standard InChI is InChI=1S/C14H13ClN2O3S/c1-9-3-4-10(7-12(9)17(19)20)14(18)16(2)8-11-5-6-13(15)21-11/h3-7H,8H2,1-2H3. The molecule has 0 saturated carbocycles. The van der Waals surface area contributed by atoms with Gasteiger partial charge in [0.1, 0.15) is 0 Å². The van der Waals surface area contributed by atoms with Gasteiger partial charge in [0.2, 0.25) is 0 Å². The van der Waals surface area contributed by atoms with Crippen molar-refractivity contribution in [2.45, 2.75) is 13.5 Å². The van der Waals surface area contributed by atoms with Gasteiger partial charge in [-0.2, -0.15) is 0 Å². The number of nitro benzene ring substituents is 1. The third-order valence-corrected chi connectivity index (χ3v) is 4.24. The molecule has 2 aromatic rings. The van der Waals surface area contributed by atoms with Crippen LogP contribution < -0.4 is 0 Å². The topological polar surface area (TPSA) is 63.5 Å². The smallest absolute Gasteiger partial charge is 0.273 e. The molecule has 1 amide bonds. The van der Waals surface area contributed by atoms with Gasteiger partial charge in [0, 0.05) is 29.1 Å². The van der Waals surface area contributed by atoms with Gasteiger partial charge < -0.3 is 4.90 Å². The molecular formula is C14H13ClN2O3S. The average molecular weight is 325 g/mol. The molecule has 0 N–H and O–H groups in total. The second kappa shape index (κ2) is 6.24. The zero-order valence-corrected chi connectivity index (χ0v) is 13.1. The van der Waals surface area contributed by atoms with Crippen LogP contribution in [0.2, 0.25) is 4.34 Å². The number of halogens is 1. The van der Waals surface area contributed by atoms with E-state index in [1.54, 1.807) is 32.2 Å². The van der Waals surface area contributed by atoms with Gasteiger partial charge in [-0.25, -0.2) is 0 Å². The van der Waals surface area contributed by atoms with E-state index in [4.69, 9.17) is 11.6 Å². The molecule has 0 bridgehead atoms. The second-order valence-corrected chi connectivity index (χ2v) is 6.43. The van der Waals surface area contributed by atoms with Crippen molar-refractivity contribution in [1.82, 2.24) is 4.90 Å². The third kappa shape index (κ3) is 3.59. The van der Waals surface area contributed by atoms with Crippen LogP contribution in [0.1, 0.15) is 20.8 Å². The number of hydrogen-bond acceptors (Lipinski definition) is 4. The lowest BCUT2D eigenvalue weighted by Gasteiger charge is -2.16. The first-order valence-electron chi connectivity index (χ1n) is 6.13. The van der Waals surface area contributed by atoms with Gasteiger partial charge >= 0.3 is 0 Å². The number of rotatable bonds is 4. The summed E-state index contributed by atoms with van der Waals surface area (Å²) < 4.78 is 0.664. The van der Waals surface area contributed by atoms with E-state index >= 15 is 0 Å². The van der Waals surface area contributed by atoms with Crippen molar-refractivity contribution >= 4 is 34.5 Å². The third-order valence-electron chi connectivity index (χ3n) is 3.02. The van der Waals surface area contributed by atoms with Gasteiger partial charge in [-0.3, -0.25) is 14.9 Å². The van der Waals surface area contributed by atoms with E-state index in [-0.39, 0.29) is 11.6 Å². The molecule has 0 saturated heterocycles. The normalized spacial score (nSPS) is 10.4. The Morgan fingerprint density at radius 2 is 2.10 bits per heavy atom. The van der Waals surface area contributed by atoms with E-state index < -0.39 is 4.92 Å². The maximum atomic E-state index is 12.3. The minimum absolute atomic E-state index is 0.0478. The average Bonchev–Trinajstić information content (AvgIpc) is 2.83. The highest BCUT2D eigenvalue weighted by molar-refractivity contribution is 7.16. The van der Waals surface area contributed by atoms with Gasteiger partial charge in [-0.15, -0.1) is 11.3 Å². The molecule has 0 atom stereocenters. The van der Waals surface area contributed by atoms with Crippen LogP contribution in [-0.4, -0.2) is 22.8 Å². The van der Waals surface area contributed by atoms with E-state index in [1.165, 1.54) is 22.3 Å². The molecule has 0 radical (unpaired) electrons. The summed E-state index contributed by atoms with van der Waals surface area (Å²) in [7, 11) is 1.65. The molecule has 0 fully saturated rings. The van der Waals surface area contributed by atoms with Crippen molar-refractivity contribution in [3.8, 4) is 0 Å². The number of thiophene rings is 1. The van der Waals surface area contributed by atoms with Crippen LogP contribution in [0.5, 0.6) is 0 Å². The first-order valence-corrected chi connectivity index (χ1v) is 7.32. The molecule has 0 spiro atoms. The lowest BCUT2D eigenvalue weighted by atomic mass is 10.1. The maximum Gasteiger partial charge on any atom is 0.273 e. The van der Waals surface area contributed by atoms with Crippen LogP contribution in [0.25, 0.3) is 0 Å². The van der Waals surface area contributed by atoms with Crippen molar-refractivity contribution in [3.63, 3.8) is 0 Å². The zero-order valence-electron chi connectivity index (χ0n) is 11.5.